The number of hydrogen-bond donors (Lipinski definition) is 3. The Kier molecular flexibility index (Phi) is 6.79. The van der Waals surface area contributed by atoms with E-state index in [1.165, 1.54) is 12.1 Å². The molecule has 1 fully saturated rings. The largest absolute Gasteiger partial charge is 0.507 e. The van der Waals surface area contributed by atoms with Crippen molar-refractivity contribution >= 4 is 23.5 Å². The van der Waals surface area contributed by atoms with Crippen LogP contribution in [0.5, 0.6) is 17.2 Å². The first kappa shape index (κ1) is 22.1. The second kappa shape index (κ2) is 9.51. The predicted molar refractivity (Wildman–Crippen MR) is 114 cm³/mol. The summed E-state index contributed by atoms with van der Waals surface area (Å²) in [5.74, 6) is -1.31. The number of hydrogen-bond acceptors (Lipinski definition) is 6. The van der Waals surface area contributed by atoms with E-state index in [0.29, 0.717) is 28.3 Å². The molecule has 1 aliphatic carbocycles. The maximum absolute atomic E-state index is 12.5. The number of carbonyl (C=O) groups is 3. The molecule has 0 atom stereocenters. The number of rotatable bonds is 6. The number of aryl methyl sites for hydroxylation is 2. The van der Waals surface area contributed by atoms with E-state index in [1.807, 2.05) is 0 Å². The Morgan fingerprint density at radius 2 is 1.77 bits per heavy atom. The molecule has 0 spiro atoms. The highest BCUT2D eigenvalue weighted by atomic mass is 16.5. The van der Waals surface area contributed by atoms with Crippen LogP contribution in [-0.4, -0.2) is 35.5 Å². The molecule has 2 amide bonds. The molecule has 3 N–H and O–H groups in total. The molecule has 0 heterocycles. The SMILES string of the molecule is CCOC(=O)C(=O)Nc1cc(C)c(Oc2ccc(O)c(C(=O)NC3CCC3)c2)c(C)c1. The van der Waals surface area contributed by atoms with Crippen molar-refractivity contribution in [3.05, 3.63) is 47.0 Å². The van der Waals surface area contributed by atoms with Gasteiger partial charge in [0, 0.05) is 11.7 Å². The summed E-state index contributed by atoms with van der Waals surface area (Å²) in [5, 5.41) is 15.5. The van der Waals surface area contributed by atoms with Gasteiger partial charge in [0.25, 0.3) is 5.91 Å². The minimum absolute atomic E-state index is 0.115. The topological polar surface area (TPSA) is 114 Å². The maximum atomic E-state index is 12.5. The second-order valence-electron chi connectivity index (χ2n) is 7.50. The number of nitrogens with one attached hydrogen (secondary N) is 2. The molecule has 31 heavy (non-hydrogen) atoms. The van der Waals surface area contributed by atoms with Crippen molar-refractivity contribution in [1.82, 2.24) is 5.32 Å². The van der Waals surface area contributed by atoms with Gasteiger partial charge < -0.3 is 25.2 Å². The first-order valence-electron chi connectivity index (χ1n) is 10.2. The zero-order valence-corrected chi connectivity index (χ0v) is 17.8. The van der Waals surface area contributed by atoms with E-state index in [4.69, 9.17) is 4.74 Å². The van der Waals surface area contributed by atoms with Crippen LogP contribution in [0.2, 0.25) is 0 Å². The molecule has 0 unspecified atom stereocenters. The van der Waals surface area contributed by atoms with Crippen molar-refractivity contribution in [2.75, 3.05) is 11.9 Å². The van der Waals surface area contributed by atoms with Crippen LogP contribution < -0.4 is 15.4 Å². The van der Waals surface area contributed by atoms with Crippen molar-refractivity contribution in [1.29, 1.82) is 0 Å². The van der Waals surface area contributed by atoms with Crippen LogP contribution in [0.25, 0.3) is 0 Å². The standard InChI is InChI=1S/C23H26N2O6/c1-4-30-23(29)22(28)25-16-10-13(2)20(14(3)11-16)31-17-8-9-19(26)18(12-17)21(27)24-15-6-5-7-15/h8-12,15,26H,4-7H2,1-3H3,(H,24,27)(H,25,28). The van der Waals surface area contributed by atoms with Crippen LogP contribution in [0.4, 0.5) is 5.69 Å². The molecular weight excluding hydrogens is 400 g/mol. The van der Waals surface area contributed by atoms with Crippen LogP contribution in [0.15, 0.2) is 30.3 Å². The predicted octanol–water partition coefficient (Wildman–Crippen LogP) is 3.59. The molecule has 3 rings (SSSR count). The number of phenolic OH excluding ortho intramolecular Hbond substituents is 1. The van der Waals surface area contributed by atoms with Crippen molar-refractivity contribution in [3.63, 3.8) is 0 Å². The molecule has 0 aromatic heterocycles. The number of aromatic hydroxyl groups is 1. The molecule has 0 aliphatic heterocycles. The lowest BCUT2D eigenvalue weighted by molar-refractivity contribution is -0.152. The van der Waals surface area contributed by atoms with E-state index in [1.54, 1.807) is 39.0 Å². The van der Waals surface area contributed by atoms with E-state index >= 15 is 0 Å². The summed E-state index contributed by atoms with van der Waals surface area (Å²) in [7, 11) is 0. The van der Waals surface area contributed by atoms with Crippen LogP contribution in [-0.2, 0) is 14.3 Å². The van der Waals surface area contributed by atoms with E-state index in [0.717, 1.165) is 19.3 Å². The van der Waals surface area contributed by atoms with E-state index in [2.05, 4.69) is 15.4 Å². The molecular formula is C23H26N2O6. The first-order valence-corrected chi connectivity index (χ1v) is 10.2. The van der Waals surface area contributed by atoms with Gasteiger partial charge in [0.05, 0.1) is 12.2 Å². The zero-order chi connectivity index (χ0) is 22.5. The average molecular weight is 426 g/mol. The fourth-order valence-electron chi connectivity index (χ4n) is 3.26. The number of esters is 1. The summed E-state index contributed by atoms with van der Waals surface area (Å²) in [4.78, 5) is 35.8. The molecule has 1 aliphatic rings. The van der Waals surface area contributed by atoms with Gasteiger partial charge in [0.2, 0.25) is 0 Å². The van der Waals surface area contributed by atoms with Gasteiger partial charge in [-0.2, -0.15) is 0 Å². The maximum Gasteiger partial charge on any atom is 0.397 e. The summed E-state index contributed by atoms with van der Waals surface area (Å²) in [5.41, 5.74) is 2.02. The van der Waals surface area contributed by atoms with Gasteiger partial charge in [-0.15, -0.1) is 0 Å². The third-order valence-electron chi connectivity index (χ3n) is 5.05. The van der Waals surface area contributed by atoms with E-state index < -0.39 is 11.9 Å². The fraction of sp³-hybridized carbons (Fsp3) is 0.348. The molecule has 164 valence electrons. The Hall–Kier alpha value is -3.55. The molecule has 2 aromatic carbocycles. The summed E-state index contributed by atoms with van der Waals surface area (Å²) in [6.45, 7) is 5.33. The average Bonchev–Trinajstić information content (AvgIpc) is 2.68. The lowest BCUT2D eigenvalue weighted by Crippen LogP contribution is -2.39. The molecule has 2 aromatic rings. The first-order chi connectivity index (χ1) is 14.8. The minimum atomic E-state index is -0.949. The van der Waals surface area contributed by atoms with Crippen LogP contribution in [0.3, 0.4) is 0 Å². The number of ether oxygens (including phenoxy) is 2. The lowest BCUT2D eigenvalue weighted by Gasteiger charge is -2.26. The fourth-order valence-corrected chi connectivity index (χ4v) is 3.26. The molecule has 1 saturated carbocycles. The van der Waals surface area contributed by atoms with Gasteiger partial charge in [0.15, 0.2) is 0 Å². The Morgan fingerprint density at radius 1 is 1.10 bits per heavy atom. The quantitative estimate of drug-likeness (QED) is 0.481. The molecule has 0 saturated heterocycles. The Balaban J connectivity index is 1.76. The lowest BCUT2D eigenvalue weighted by atomic mass is 9.93. The highest BCUT2D eigenvalue weighted by Gasteiger charge is 2.22. The summed E-state index contributed by atoms with van der Waals surface area (Å²) < 4.78 is 10.7. The van der Waals surface area contributed by atoms with Crippen LogP contribution >= 0.6 is 0 Å². The Morgan fingerprint density at radius 3 is 2.35 bits per heavy atom. The summed E-state index contributed by atoms with van der Waals surface area (Å²) in [6.07, 6.45) is 2.98. The summed E-state index contributed by atoms with van der Waals surface area (Å²) in [6, 6.07) is 7.99. The minimum Gasteiger partial charge on any atom is -0.507 e. The van der Waals surface area contributed by atoms with Crippen molar-refractivity contribution < 1.29 is 29.0 Å². The number of amides is 2. The van der Waals surface area contributed by atoms with Gasteiger partial charge in [-0.25, -0.2) is 4.79 Å². The van der Waals surface area contributed by atoms with Gasteiger partial charge in [-0.3, -0.25) is 9.59 Å². The molecule has 0 radical (unpaired) electrons. The van der Waals surface area contributed by atoms with Crippen molar-refractivity contribution in [2.45, 2.75) is 46.1 Å². The van der Waals surface area contributed by atoms with Crippen LogP contribution in [0.1, 0.15) is 47.7 Å². The zero-order valence-electron chi connectivity index (χ0n) is 17.8. The molecule has 8 nitrogen and oxygen atoms in total. The van der Waals surface area contributed by atoms with E-state index in [9.17, 15) is 19.5 Å². The van der Waals surface area contributed by atoms with Gasteiger partial charge in [0.1, 0.15) is 17.2 Å². The monoisotopic (exact) mass is 426 g/mol. The Bertz CT molecular complexity index is 990. The van der Waals surface area contributed by atoms with E-state index in [-0.39, 0.29) is 29.9 Å². The van der Waals surface area contributed by atoms with Crippen molar-refractivity contribution in [3.8, 4) is 17.2 Å². The molecule has 0 bridgehead atoms. The smallest absolute Gasteiger partial charge is 0.397 e. The number of benzene rings is 2. The second-order valence-corrected chi connectivity index (χ2v) is 7.50. The normalized spacial score (nSPS) is 13.1. The number of carbonyl (C=O) groups excluding carboxylic acids is 3. The third-order valence-corrected chi connectivity index (χ3v) is 5.05. The van der Waals surface area contributed by atoms with Gasteiger partial charge in [-0.05, 0) is 81.5 Å². The summed E-state index contributed by atoms with van der Waals surface area (Å²) >= 11 is 0. The van der Waals surface area contributed by atoms with Gasteiger partial charge >= 0.3 is 11.9 Å². The Labute approximate surface area is 180 Å². The van der Waals surface area contributed by atoms with Gasteiger partial charge in [-0.1, -0.05) is 0 Å². The van der Waals surface area contributed by atoms with Crippen LogP contribution in [0, 0.1) is 13.8 Å². The highest BCUT2D eigenvalue weighted by Crippen LogP contribution is 2.33. The number of anilines is 1. The third kappa shape index (κ3) is 5.33. The highest BCUT2D eigenvalue weighted by molar-refractivity contribution is 6.37. The van der Waals surface area contributed by atoms with Crippen molar-refractivity contribution in [2.24, 2.45) is 0 Å². The number of phenols is 1. The molecule has 8 heteroatoms.